The van der Waals surface area contributed by atoms with E-state index in [1.165, 1.54) is 34.9 Å². The summed E-state index contributed by atoms with van der Waals surface area (Å²) >= 11 is 6.48. The number of hydrogen-bond acceptors (Lipinski definition) is 6. The molecule has 2 aromatic rings. The van der Waals surface area contributed by atoms with E-state index in [4.69, 9.17) is 21.7 Å². The molecular formula is C22H19FN2O4S2. The van der Waals surface area contributed by atoms with Crippen LogP contribution in [0.1, 0.15) is 5.56 Å². The number of rotatable bonds is 5. The standard InChI is InChI=1S/C22H19FN2O4S2/c23-16-2-1-3-17(13-16)25-21(27)19(31-22(25)30)12-15-4-6-18(7-5-15)29-14-20(26)24-8-10-28-11-9-24/h1-7,12-13H,8-11,14H2/b19-12-. The van der Waals surface area contributed by atoms with Gasteiger partial charge < -0.3 is 14.4 Å². The van der Waals surface area contributed by atoms with Gasteiger partial charge in [-0.05, 0) is 42.0 Å². The fourth-order valence-electron chi connectivity index (χ4n) is 3.17. The number of benzene rings is 2. The van der Waals surface area contributed by atoms with Crippen molar-refractivity contribution < 1.29 is 23.5 Å². The molecule has 0 aliphatic carbocycles. The SMILES string of the molecule is O=C(COc1ccc(/C=C2\SC(=S)N(c3cccc(F)c3)C2=O)cc1)N1CCOCC1. The fourth-order valence-corrected chi connectivity index (χ4v) is 4.47. The van der Waals surface area contributed by atoms with Gasteiger partial charge in [0.05, 0.1) is 23.8 Å². The first-order chi connectivity index (χ1) is 15.0. The average molecular weight is 459 g/mol. The van der Waals surface area contributed by atoms with Gasteiger partial charge in [-0.3, -0.25) is 14.5 Å². The van der Waals surface area contributed by atoms with Crippen LogP contribution in [0.4, 0.5) is 10.1 Å². The van der Waals surface area contributed by atoms with Crippen LogP contribution in [0.2, 0.25) is 0 Å². The number of thioether (sulfide) groups is 1. The highest BCUT2D eigenvalue weighted by molar-refractivity contribution is 8.27. The molecule has 160 valence electrons. The number of hydrogen-bond donors (Lipinski definition) is 0. The molecule has 0 atom stereocenters. The molecule has 2 heterocycles. The maximum atomic E-state index is 13.5. The molecule has 0 bridgehead atoms. The molecule has 6 nitrogen and oxygen atoms in total. The number of halogens is 1. The summed E-state index contributed by atoms with van der Waals surface area (Å²) in [4.78, 5) is 28.4. The van der Waals surface area contributed by atoms with E-state index in [1.807, 2.05) is 0 Å². The Kier molecular flexibility index (Phi) is 6.64. The largest absolute Gasteiger partial charge is 0.484 e. The van der Waals surface area contributed by atoms with Crippen LogP contribution in [0.5, 0.6) is 5.75 Å². The Morgan fingerprint density at radius 1 is 1.19 bits per heavy atom. The number of ether oxygens (including phenoxy) is 2. The minimum atomic E-state index is -0.432. The van der Waals surface area contributed by atoms with Crippen molar-refractivity contribution in [2.45, 2.75) is 0 Å². The van der Waals surface area contributed by atoms with Crippen molar-refractivity contribution in [2.24, 2.45) is 0 Å². The van der Waals surface area contributed by atoms with E-state index in [-0.39, 0.29) is 18.4 Å². The predicted molar refractivity (Wildman–Crippen MR) is 121 cm³/mol. The quantitative estimate of drug-likeness (QED) is 0.505. The average Bonchev–Trinajstić information content (AvgIpc) is 3.06. The monoisotopic (exact) mass is 458 g/mol. The second-order valence-corrected chi connectivity index (χ2v) is 8.52. The molecular weight excluding hydrogens is 439 g/mol. The van der Waals surface area contributed by atoms with Gasteiger partial charge >= 0.3 is 0 Å². The van der Waals surface area contributed by atoms with Crippen molar-refractivity contribution in [1.29, 1.82) is 0 Å². The molecule has 2 aromatic carbocycles. The number of thiocarbonyl (C=S) groups is 1. The zero-order valence-corrected chi connectivity index (χ0v) is 18.1. The minimum absolute atomic E-state index is 0.0361. The predicted octanol–water partition coefficient (Wildman–Crippen LogP) is 3.47. The van der Waals surface area contributed by atoms with E-state index in [0.29, 0.717) is 47.0 Å². The summed E-state index contributed by atoms with van der Waals surface area (Å²) in [6.07, 6.45) is 1.72. The second kappa shape index (κ2) is 9.59. The maximum absolute atomic E-state index is 13.5. The zero-order chi connectivity index (χ0) is 21.8. The van der Waals surface area contributed by atoms with Crippen LogP contribution in [0.25, 0.3) is 6.08 Å². The smallest absolute Gasteiger partial charge is 0.270 e. The van der Waals surface area contributed by atoms with Crippen LogP contribution in [-0.2, 0) is 14.3 Å². The van der Waals surface area contributed by atoms with Gasteiger partial charge in [0.15, 0.2) is 10.9 Å². The van der Waals surface area contributed by atoms with E-state index in [9.17, 15) is 14.0 Å². The summed E-state index contributed by atoms with van der Waals surface area (Å²) in [5.74, 6) is -0.241. The van der Waals surface area contributed by atoms with Crippen LogP contribution in [0.15, 0.2) is 53.4 Å². The van der Waals surface area contributed by atoms with Gasteiger partial charge in [-0.2, -0.15) is 0 Å². The topological polar surface area (TPSA) is 59.1 Å². The molecule has 2 saturated heterocycles. The molecule has 0 N–H and O–H groups in total. The lowest BCUT2D eigenvalue weighted by atomic mass is 10.2. The number of carbonyl (C=O) groups is 2. The van der Waals surface area contributed by atoms with Crippen LogP contribution in [-0.4, -0.2) is 53.9 Å². The zero-order valence-electron chi connectivity index (χ0n) is 16.5. The highest BCUT2D eigenvalue weighted by Gasteiger charge is 2.33. The molecule has 2 aliphatic rings. The van der Waals surface area contributed by atoms with Crippen LogP contribution >= 0.6 is 24.0 Å². The molecule has 2 amide bonds. The molecule has 0 radical (unpaired) electrons. The highest BCUT2D eigenvalue weighted by Crippen LogP contribution is 2.36. The number of morpholine rings is 1. The number of nitrogens with zero attached hydrogens (tertiary/aromatic N) is 2. The van der Waals surface area contributed by atoms with Crippen molar-refractivity contribution in [3.63, 3.8) is 0 Å². The molecule has 0 aromatic heterocycles. The summed E-state index contributed by atoms with van der Waals surface area (Å²) in [5.41, 5.74) is 1.19. The molecule has 2 aliphatic heterocycles. The first kappa shape index (κ1) is 21.5. The molecule has 2 fully saturated rings. The van der Waals surface area contributed by atoms with Gasteiger partial charge in [0.1, 0.15) is 11.6 Å². The fraction of sp³-hybridized carbons (Fsp3) is 0.227. The van der Waals surface area contributed by atoms with Gasteiger partial charge in [0.25, 0.3) is 11.8 Å². The van der Waals surface area contributed by atoms with Crippen LogP contribution in [0, 0.1) is 5.82 Å². The summed E-state index contributed by atoms with van der Waals surface area (Å²) in [5, 5.41) is 0. The van der Waals surface area contributed by atoms with Crippen molar-refractivity contribution >= 4 is 51.9 Å². The first-order valence-electron chi connectivity index (χ1n) is 9.63. The Labute approximate surface area is 188 Å². The summed E-state index contributed by atoms with van der Waals surface area (Å²) in [7, 11) is 0. The highest BCUT2D eigenvalue weighted by atomic mass is 32.2. The van der Waals surface area contributed by atoms with Crippen molar-refractivity contribution in [3.8, 4) is 5.75 Å². The van der Waals surface area contributed by atoms with E-state index in [2.05, 4.69) is 0 Å². The summed E-state index contributed by atoms with van der Waals surface area (Å²) in [6.45, 7) is 2.22. The minimum Gasteiger partial charge on any atom is -0.484 e. The van der Waals surface area contributed by atoms with E-state index >= 15 is 0 Å². The van der Waals surface area contributed by atoms with Crippen LogP contribution in [0.3, 0.4) is 0 Å². The van der Waals surface area contributed by atoms with Gasteiger partial charge in [-0.25, -0.2) is 4.39 Å². The Bertz CT molecular complexity index is 1040. The number of carbonyl (C=O) groups excluding carboxylic acids is 2. The lowest BCUT2D eigenvalue weighted by Gasteiger charge is -2.26. The normalized spacial score (nSPS) is 18.0. The van der Waals surface area contributed by atoms with Crippen molar-refractivity contribution in [1.82, 2.24) is 4.90 Å². The van der Waals surface area contributed by atoms with Gasteiger partial charge in [0, 0.05) is 13.1 Å². The summed E-state index contributed by atoms with van der Waals surface area (Å²) < 4.78 is 24.7. The van der Waals surface area contributed by atoms with Crippen molar-refractivity contribution in [3.05, 3.63) is 64.8 Å². The van der Waals surface area contributed by atoms with Crippen LogP contribution < -0.4 is 9.64 Å². The Morgan fingerprint density at radius 3 is 2.65 bits per heavy atom. The Balaban J connectivity index is 1.39. The number of amides is 2. The Hall–Kier alpha value is -2.75. The van der Waals surface area contributed by atoms with Crippen molar-refractivity contribution in [2.75, 3.05) is 37.8 Å². The molecule has 0 spiro atoms. The van der Waals surface area contributed by atoms with E-state index in [1.54, 1.807) is 41.3 Å². The molecule has 9 heteroatoms. The second-order valence-electron chi connectivity index (χ2n) is 6.85. The molecule has 31 heavy (non-hydrogen) atoms. The molecule has 0 unspecified atom stereocenters. The summed E-state index contributed by atoms with van der Waals surface area (Å²) in [6, 6.07) is 12.8. The van der Waals surface area contributed by atoms with E-state index in [0.717, 1.165) is 5.56 Å². The van der Waals surface area contributed by atoms with Gasteiger partial charge in [-0.15, -0.1) is 0 Å². The third kappa shape index (κ3) is 5.12. The molecule has 4 rings (SSSR count). The maximum Gasteiger partial charge on any atom is 0.270 e. The Morgan fingerprint density at radius 2 is 1.94 bits per heavy atom. The number of anilines is 1. The lowest BCUT2D eigenvalue weighted by Crippen LogP contribution is -2.42. The van der Waals surface area contributed by atoms with E-state index < -0.39 is 5.82 Å². The third-order valence-corrected chi connectivity index (χ3v) is 6.07. The van der Waals surface area contributed by atoms with Gasteiger partial charge in [-0.1, -0.05) is 42.2 Å². The lowest BCUT2D eigenvalue weighted by molar-refractivity contribution is -0.137. The first-order valence-corrected chi connectivity index (χ1v) is 10.9. The van der Waals surface area contributed by atoms with Gasteiger partial charge in [0.2, 0.25) is 0 Å². The third-order valence-electron chi connectivity index (χ3n) is 4.76. The molecule has 0 saturated carbocycles.